The van der Waals surface area contributed by atoms with E-state index in [1.807, 2.05) is 0 Å². The number of halogens is 2. The summed E-state index contributed by atoms with van der Waals surface area (Å²) in [4.78, 5) is 24.3. The van der Waals surface area contributed by atoms with Gasteiger partial charge in [-0.15, -0.1) is 0 Å². The second-order valence-electron chi connectivity index (χ2n) is 4.97. The summed E-state index contributed by atoms with van der Waals surface area (Å²) in [6, 6.07) is 2.25. The Bertz CT molecular complexity index is 554. The predicted molar refractivity (Wildman–Crippen MR) is 71.8 cm³/mol. The Morgan fingerprint density at radius 3 is 2.48 bits per heavy atom. The van der Waals surface area contributed by atoms with E-state index in [1.54, 1.807) is 7.05 Å². The molecule has 0 aliphatic carbocycles. The molecule has 2 N–H and O–H groups in total. The maximum absolute atomic E-state index is 14.2. The first-order valence-electron chi connectivity index (χ1n) is 6.58. The van der Waals surface area contributed by atoms with E-state index in [0.29, 0.717) is 0 Å². The van der Waals surface area contributed by atoms with Crippen LogP contribution in [0.25, 0.3) is 0 Å². The quantitative estimate of drug-likeness (QED) is 0.811. The lowest BCUT2D eigenvalue weighted by Crippen LogP contribution is -2.40. The average molecular weight is 298 g/mol. The first-order chi connectivity index (χ1) is 9.93. The number of carbonyl (C=O) groups excluding carboxylic acids is 2. The number of benzene rings is 1. The summed E-state index contributed by atoms with van der Waals surface area (Å²) in [7, 11) is 1.59. The number of aliphatic hydroxyl groups is 1. The van der Waals surface area contributed by atoms with Gasteiger partial charge in [0.2, 0.25) is 11.8 Å². The molecule has 21 heavy (non-hydrogen) atoms. The van der Waals surface area contributed by atoms with Gasteiger partial charge in [-0.2, -0.15) is 0 Å². The molecule has 114 valence electrons. The van der Waals surface area contributed by atoms with Gasteiger partial charge in [-0.3, -0.25) is 14.9 Å². The second-order valence-corrected chi connectivity index (χ2v) is 4.97. The lowest BCUT2D eigenvalue weighted by atomic mass is 9.89. The van der Waals surface area contributed by atoms with Gasteiger partial charge in [0.25, 0.3) is 0 Å². The number of imide groups is 1. The van der Waals surface area contributed by atoms with Crippen molar-refractivity contribution in [2.45, 2.75) is 18.8 Å². The maximum Gasteiger partial charge on any atom is 0.234 e. The largest absolute Gasteiger partial charge is 0.395 e. The minimum Gasteiger partial charge on any atom is -0.395 e. The molecule has 1 fully saturated rings. The maximum atomic E-state index is 14.2. The van der Waals surface area contributed by atoms with Crippen LogP contribution in [0.15, 0.2) is 12.1 Å². The molecule has 0 aromatic heterocycles. The summed E-state index contributed by atoms with van der Waals surface area (Å²) >= 11 is 0. The fourth-order valence-electron chi connectivity index (χ4n) is 2.37. The lowest BCUT2D eigenvalue weighted by Gasteiger charge is -2.24. The average Bonchev–Trinajstić information content (AvgIpc) is 2.40. The highest BCUT2D eigenvalue weighted by molar-refractivity contribution is 6.01. The monoisotopic (exact) mass is 298 g/mol. The molecule has 5 nitrogen and oxygen atoms in total. The highest BCUT2D eigenvalue weighted by Gasteiger charge is 2.32. The summed E-state index contributed by atoms with van der Waals surface area (Å²) in [5.74, 6) is -3.77. The third kappa shape index (κ3) is 3.18. The van der Waals surface area contributed by atoms with Crippen molar-refractivity contribution >= 4 is 17.5 Å². The normalized spacial score (nSPS) is 18.6. The molecule has 0 spiro atoms. The van der Waals surface area contributed by atoms with Crippen molar-refractivity contribution < 1.29 is 23.5 Å². The van der Waals surface area contributed by atoms with Crippen molar-refractivity contribution in [2.75, 3.05) is 25.1 Å². The topological polar surface area (TPSA) is 69.6 Å². The molecule has 1 saturated heterocycles. The number of carbonyl (C=O) groups is 2. The van der Waals surface area contributed by atoms with Crippen LogP contribution in [0.2, 0.25) is 0 Å². The Labute approximate surface area is 120 Å². The minimum atomic E-state index is -1.00. The third-order valence-corrected chi connectivity index (χ3v) is 3.53. The summed E-state index contributed by atoms with van der Waals surface area (Å²) in [6.07, 6.45) is 0.145. The van der Waals surface area contributed by atoms with Crippen LogP contribution in [0.4, 0.5) is 14.5 Å². The van der Waals surface area contributed by atoms with Crippen molar-refractivity contribution in [2.24, 2.45) is 0 Å². The van der Waals surface area contributed by atoms with Crippen LogP contribution in [-0.2, 0) is 9.59 Å². The van der Waals surface area contributed by atoms with Crippen LogP contribution >= 0.6 is 0 Å². The molecule has 1 atom stereocenters. The summed E-state index contributed by atoms with van der Waals surface area (Å²) < 4.78 is 28.3. The number of nitrogens with zero attached hydrogens (tertiary/aromatic N) is 1. The Morgan fingerprint density at radius 1 is 1.33 bits per heavy atom. The van der Waals surface area contributed by atoms with E-state index < -0.39 is 29.4 Å². The van der Waals surface area contributed by atoms with Gasteiger partial charge in [-0.05, 0) is 18.6 Å². The van der Waals surface area contributed by atoms with E-state index >= 15 is 0 Å². The van der Waals surface area contributed by atoms with E-state index in [-0.39, 0.29) is 37.2 Å². The fraction of sp³-hybridized carbons (Fsp3) is 0.429. The van der Waals surface area contributed by atoms with Crippen LogP contribution in [0.1, 0.15) is 24.3 Å². The second kappa shape index (κ2) is 6.17. The van der Waals surface area contributed by atoms with Crippen molar-refractivity contribution in [3.8, 4) is 0 Å². The van der Waals surface area contributed by atoms with E-state index in [0.717, 1.165) is 12.1 Å². The standard InChI is InChI=1S/C14H16F2N2O3/c1-18(4-5-19)8-6-10(15)13(11(16)7-8)9-2-3-12(20)17-14(9)21/h6-7,9,19H,2-5H2,1H3,(H,17,20,21). The molecule has 2 amide bonds. The number of nitrogens with one attached hydrogen (secondary N) is 1. The molecular weight excluding hydrogens is 282 g/mol. The number of amides is 2. The molecule has 7 heteroatoms. The van der Waals surface area contributed by atoms with E-state index in [4.69, 9.17) is 5.11 Å². The molecule has 1 aromatic carbocycles. The Kier molecular flexibility index (Phi) is 4.52. The van der Waals surface area contributed by atoms with Crippen molar-refractivity contribution in [1.29, 1.82) is 0 Å². The van der Waals surface area contributed by atoms with Crippen LogP contribution in [-0.4, -0.2) is 37.1 Å². The highest BCUT2D eigenvalue weighted by Crippen LogP contribution is 2.31. The SMILES string of the molecule is CN(CCO)c1cc(F)c(C2CCC(=O)NC2=O)c(F)c1. The first kappa shape index (κ1) is 15.4. The van der Waals surface area contributed by atoms with Gasteiger partial charge >= 0.3 is 0 Å². The number of rotatable bonds is 4. The number of likely N-dealkylation sites (N-methyl/N-ethyl adjacent to an activating group) is 1. The molecular formula is C14H16F2N2O3. The van der Waals surface area contributed by atoms with Crippen molar-refractivity contribution in [3.05, 3.63) is 29.3 Å². The van der Waals surface area contributed by atoms with Gasteiger partial charge in [0.05, 0.1) is 12.5 Å². The fourth-order valence-corrected chi connectivity index (χ4v) is 2.37. The molecule has 1 aliphatic rings. The molecule has 1 aliphatic heterocycles. The van der Waals surface area contributed by atoms with Crippen molar-refractivity contribution in [3.63, 3.8) is 0 Å². The van der Waals surface area contributed by atoms with E-state index in [2.05, 4.69) is 5.32 Å². The zero-order valence-corrected chi connectivity index (χ0v) is 11.5. The number of anilines is 1. The van der Waals surface area contributed by atoms with Gasteiger partial charge < -0.3 is 10.0 Å². The smallest absolute Gasteiger partial charge is 0.234 e. The van der Waals surface area contributed by atoms with Gasteiger partial charge in [0.15, 0.2) is 0 Å². The van der Waals surface area contributed by atoms with Gasteiger partial charge in [0, 0.05) is 31.3 Å². The summed E-state index contributed by atoms with van der Waals surface area (Å²) in [6.45, 7) is 0.0886. The predicted octanol–water partition coefficient (Wildman–Crippen LogP) is 0.913. The minimum absolute atomic E-state index is 0.0570. The molecule has 1 aromatic rings. The number of piperidine rings is 1. The number of hydrogen-bond acceptors (Lipinski definition) is 4. The third-order valence-electron chi connectivity index (χ3n) is 3.53. The molecule has 0 saturated carbocycles. The zero-order chi connectivity index (χ0) is 15.6. The first-order valence-corrected chi connectivity index (χ1v) is 6.58. The van der Waals surface area contributed by atoms with Crippen LogP contribution in [0.5, 0.6) is 0 Å². The molecule has 1 unspecified atom stereocenters. The Balaban J connectivity index is 2.33. The van der Waals surface area contributed by atoms with Gasteiger partial charge in [-0.1, -0.05) is 0 Å². The zero-order valence-electron chi connectivity index (χ0n) is 11.5. The van der Waals surface area contributed by atoms with E-state index in [1.165, 1.54) is 4.90 Å². The number of aliphatic hydroxyl groups excluding tert-OH is 1. The summed E-state index contributed by atoms with van der Waals surface area (Å²) in [5, 5.41) is 10.9. The highest BCUT2D eigenvalue weighted by atomic mass is 19.1. The van der Waals surface area contributed by atoms with Crippen LogP contribution < -0.4 is 10.2 Å². The van der Waals surface area contributed by atoms with Gasteiger partial charge in [0.1, 0.15) is 11.6 Å². The summed E-state index contributed by atoms with van der Waals surface area (Å²) in [5.41, 5.74) is -0.0451. The van der Waals surface area contributed by atoms with Crippen molar-refractivity contribution in [1.82, 2.24) is 5.32 Å². The molecule has 0 radical (unpaired) electrons. The Hall–Kier alpha value is -2.02. The molecule has 0 bridgehead atoms. The lowest BCUT2D eigenvalue weighted by molar-refractivity contribution is -0.134. The Morgan fingerprint density at radius 2 is 1.95 bits per heavy atom. The number of hydrogen-bond donors (Lipinski definition) is 2. The van der Waals surface area contributed by atoms with E-state index in [9.17, 15) is 18.4 Å². The van der Waals surface area contributed by atoms with Crippen LogP contribution in [0, 0.1) is 11.6 Å². The molecule has 2 rings (SSSR count). The van der Waals surface area contributed by atoms with Gasteiger partial charge in [-0.25, -0.2) is 8.78 Å². The van der Waals surface area contributed by atoms with Crippen LogP contribution in [0.3, 0.4) is 0 Å². The molecule has 1 heterocycles.